The molecule has 0 fully saturated rings. The lowest BCUT2D eigenvalue weighted by Crippen LogP contribution is -2.10. The topological polar surface area (TPSA) is 51.2 Å². The summed E-state index contributed by atoms with van der Waals surface area (Å²) in [5, 5.41) is 2.66. The molecule has 0 radical (unpaired) electrons. The van der Waals surface area contributed by atoms with E-state index in [-0.39, 0.29) is 11.7 Å². The van der Waals surface area contributed by atoms with Crippen LogP contribution in [-0.2, 0) is 4.79 Å². The maximum atomic E-state index is 13.8. The van der Waals surface area contributed by atoms with Gasteiger partial charge in [-0.15, -0.1) is 11.3 Å². The van der Waals surface area contributed by atoms with Gasteiger partial charge in [-0.05, 0) is 36.4 Å². The quantitative estimate of drug-likeness (QED) is 0.681. The van der Waals surface area contributed by atoms with Crippen molar-refractivity contribution in [1.82, 2.24) is 4.98 Å². The van der Waals surface area contributed by atoms with Crippen molar-refractivity contribution < 1.29 is 13.9 Å². The number of hydrogen-bond acceptors (Lipinski definition) is 4. The average molecular weight is 354 g/mol. The van der Waals surface area contributed by atoms with E-state index in [1.165, 1.54) is 30.6 Å². The molecule has 2 aromatic heterocycles. The number of thiophene rings is 1. The van der Waals surface area contributed by atoms with Crippen molar-refractivity contribution in [1.29, 1.82) is 0 Å². The van der Waals surface area contributed by atoms with Crippen LogP contribution in [0.1, 0.15) is 4.88 Å². The number of rotatable bonds is 5. The van der Waals surface area contributed by atoms with Gasteiger partial charge in [-0.1, -0.05) is 18.2 Å². The smallest absolute Gasteiger partial charge is 0.249 e. The molecule has 2 heterocycles. The molecule has 3 aromatic rings. The van der Waals surface area contributed by atoms with Gasteiger partial charge in [0.2, 0.25) is 5.91 Å². The third-order valence-corrected chi connectivity index (χ3v) is 4.48. The van der Waals surface area contributed by atoms with Gasteiger partial charge in [0.1, 0.15) is 5.82 Å². The second kappa shape index (κ2) is 7.72. The molecule has 4 nitrogen and oxygen atoms in total. The van der Waals surface area contributed by atoms with Crippen LogP contribution < -0.4 is 10.1 Å². The Morgan fingerprint density at radius 2 is 2.04 bits per heavy atom. The van der Waals surface area contributed by atoms with Gasteiger partial charge < -0.3 is 10.1 Å². The number of hydrogen-bond donors (Lipinski definition) is 1. The van der Waals surface area contributed by atoms with Gasteiger partial charge in [-0.3, -0.25) is 4.79 Å². The van der Waals surface area contributed by atoms with Crippen molar-refractivity contribution in [3.8, 4) is 16.2 Å². The first kappa shape index (κ1) is 16.9. The number of carbonyl (C=O) groups is 1. The molecule has 1 N–H and O–H groups in total. The lowest BCUT2D eigenvalue weighted by Gasteiger charge is -2.06. The monoisotopic (exact) mass is 354 g/mol. The number of amides is 1. The van der Waals surface area contributed by atoms with Crippen LogP contribution in [0.5, 0.6) is 5.75 Å². The molecule has 3 rings (SSSR count). The van der Waals surface area contributed by atoms with E-state index < -0.39 is 0 Å². The molecule has 0 aliphatic heterocycles. The highest BCUT2D eigenvalue weighted by molar-refractivity contribution is 7.16. The Hall–Kier alpha value is -2.99. The summed E-state index contributed by atoms with van der Waals surface area (Å²) in [7, 11) is 1.51. The zero-order valence-corrected chi connectivity index (χ0v) is 14.2. The van der Waals surface area contributed by atoms with Crippen molar-refractivity contribution in [2.45, 2.75) is 0 Å². The van der Waals surface area contributed by atoms with Crippen LogP contribution in [0.2, 0.25) is 0 Å². The average Bonchev–Trinajstić information content (AvgIpc) is 3.09. The predicted molar refractivity (Wildman–Crippen MR) is 98.2 cm³/mol. The summed E-state index contributed by atoms with van der Waals surface area (Å²) in [5.41, 5.74) is 0.551. The molecule has 25 heavy (non-hydrogen) atoms. The molecule has 0 unspecified atom stereocenters. The van der Waals surface area contributed by atoms with Gasteiger partial charge in [0.15, 0.2) is 11.6 Å². The van der Waals surface area contributed by atoms with Gasteiger partial charge in [-0.2, -0.15) is 0 Å². The van der Waals surface area contributed by atoms with Crippen LogP contribution in [-0.4, -0.2) is 18.0 Å². The largest absolute Gasteiger partial charge is 0.493 e. The van der Waals surface area contributed by atoms with E-state index >= 15 is 0 Å². The molecule has 6 heteroatoms. The maximum absolute atomic E-state index is 13.8. The standard InChI is InChI=1S/C19H15FN2O2S/c1-24-16-7-4-12-21-19(16)22-18(23)11-9-13-8-10-17(25-13)14-5-2-3-6-15(14)20/h2-12H,1H3,(H,21,22,23). The lowest BCUT2D eigenvalue weighted by atomic mass is 10.2. The fourth-order valence-corrected chi connectivity index (χ4v) is 3.15. The van der Waals surface area contributed by atoms with Crippen molar-refractivity contribution in [3.63, 3.8) is 0 Å². The molecular weight excluding hydrogens is 339 g/mol. The highest BCUT2D eigenvalue weighted by atomic mass is 32.1. The second-order valence-electron chi connectivity index (χ2n) is 5.06. The number of benzene rings is 1. The van der Waals surface area contributed by atoms with Crippen molar-refractivity contribution >= 4 is 29.1 Å². The Bertz CT molecular complexity index is 921. The Morgan fingerprint density at radius 3 is 2.84 bits per heavy atom. The summed E-state index contributed by atoms with van der Waals surface area (Å²) in [6.07, 6.45) is 4.66. The lowest BCUT2D eigenvalue weighted by molar-refractivity contribution is -0.111. The molecule has 0 bridgehead atoms. The number of nitrogens with zero attached hydrogens (tertiary/aromatic N) is 1. The number of halogens is 1. The van der Waals surface area contributed by atoms with Crippen LogP contribution in [0.3, 0.4) is 0 Å². The molecule has 0 aliphatic carbocycles. The van der Waals surface area contributed by atoms with E-state index in [1.807, 2.05) is 12.1 Å². The Kier molecular flexibility index (Phi) is 5.20. The third kappa shape index (κ3) is 4.10. The van der Waals surface area contributed by atoms with Crippen LogP contribution in [0.15, 0.2) is 60.8 Å². The number of ether oxygens (including phenoxy) is 1. The molecule has 1 aromatic carbocycles. The highest BCUT2D eigenvalue weighted by Gasteiger charge is 2.08. The normalized spacial score (nSPS) is 10.8. The number of pyridine rings is 1. The Morgan fingerprint density at radius 1 is 1.20 bits per heavy atom. The molecule has 0 atom stereocenters. The first-order chi connectivity index (χ1) is 12.2. The summed E-state index contributed by atoms with van der Waals surface area (Å²) >= 11 is 1.41. The van der Waals surface area contributed by atoms with E-state index in [4.69, 9.17) is 4.74 Å². The highest BCUT2D eigenvalue weighted by Crippen LogP contribution is 2.30. The maximum Gasteiger partial charge on any atom is 0.249 e. The van der Waals surface area contributed by atoms with E-state index in [1.54, 1.807) is 42.6 Å². The number of nitrogens with one attached hydrogen (secondary N) is 1. The summed E-state index contributed by atoms with van der Waals surface area (Å²) in [6, 6.07) is 13.7. The van der Waals surface area contributed by atoms with Gasteiger partial charge >= 0.3 is 0 Å². The third-order valence-electron chi connectivity index (χ3n) is 3.40. The van der Waals surface area contributed by atoms with Gasteiger partial charge in [-0.25, -0.2) is 9.37 Å². The van der Waals surface area contributed by atoms with Gasteiger partial charge in [0.25, 0.3) is 0 Å². The van der Waals surface area contributed by atoms with E-state index in [0.717, 1.165) is 9.75 Å². The molecule has 0 spiro atoms. The molecule has 0 saturated heterocycles. The van der Waals surface area contributed by atoms with Gasteiger partial charge in [0, 0.05) is 27.6 Å². The first-order valence-corrected chi connectivity index (χ1v) is 8.32. The van der Waals surface area contributed by atoms with Crippen molar-refractivity contribution in [3.05, 3.63) is 71.5 Å². The second-order valence-corrected chi connectivity index (χ2v) is 6.17. The zero-order valence-electron chi connectivity index (χ0n) is 13.4. The van der Waals surface area contributed by atoms with E-state index in [0.29, 0.717) is 17.1 Å². The van der Waals surface area contributed by atoms with Crippen LogP contribution >= 0.6 is 11.3 Å². The van der Waals surface area contributed by atoms with Crippen LogP contribution in [0.25, 0.3) is 16.5 Å². The summed E-state index contributed by atoms with van der Waals surface area (Å²) in [4.78, 5) is 17.8. The number of anilines is 1. The molecular formula is C19H15FN2O2S. The minimum absolute atomic E-state index is 0.264. The summed E-state index contributed by atoms with van der Waals surface area (Å²) < 4.78 is 19.0. The van der Waals surface area contributed by atoms with Crippen LogP contribution in [0.4, 0.5) is 10.2 Å². The van der Waals surface area contributed by atoms with Crippen LogP contribution in [0, 0.1) is 5.82 Å². The first-order valence-electron chi connectivity index (χ1n) is 7.50. The number of aromatic nitrogens is 1. The molecule has 126 valence electrons. The Labute approximate surface area is 148 Å². The fourth-order valence-electron chi connectivity index (χ4n) is 2.21. The van der Waals surface area contributed by atoms with Crippen molar-refractivity contribution in [2.75, 3.05) is 12.4 Å². The number of methoxy groups -OCH3 is 1. The fraction of sp³-hybridized carbons (Fsp3) is 0.0526. The van der Waals surface area contributed by atoms with E-state index in [9.17, 15) is 9.18 Å². The summed E-state index contributed by atoms with van der Waals surface area (Å²) in [6.45, 7) is 0. The minimum Gasteiger partial charge on any atom is -0.493 e. The van der Waals surface area contributed by atoms with Gasteiger partial charge in [0.05, 0.1) is 7.11 Å². The predicted octanol–water partition coefficient (Wildman–Crippen LogP) is 4.61. The van der Waals surface area contributed by atoms with E-state index in [2.05, 4.69) is 10.3 Å². The zero-order chi connectivity index (χ0) is 17.6. The molecule has 0 saturated carbocycles. The SMILES string of the molecule is COc1cccnc1NC(=O)C=Cc1ccc(-c2ccccc2F)s1. The minimum atomic E-state index is -0.321. The number of carbonyl (C=O) groups excluding carboxylic acids is 1. The molecule has 0 aliphatic rings. The Balaban J connectivity index is 1.70. The van der Waals surface area contributed by atoms with Crippen molar-refractivity contribution in [2.24, 2.45) is 0 Å². The summed E-state index contributed by atoms with van der Waals surface area (Å²) in [5.74, 6) is 0.262. The molecule has 1 amide bonds.